The quantitative estimate of drug-likeness (QED) is 0.668. The monoisotopic (exact) mass is 383 g/mol. The SMILES string of the molecule is O=C(CCc1nn2c(C3CC3)nnc2s1)N1CCN(c2ccccn2)CC1. The van der Waals surface area contributed by atoms with Crippen molar-refractivity contribution >= 4 is 28.0 Å². The van der Waals surface area contributed by atoms with Gasteiger partial charge in [0.15, 0.2) is 5.82 Å². The highest BCUT2D eigenvalue weighted by atomic mass is 32.1. The molecular weight excluding hydrogens is 362 g/mol. The lowest BCUT2D eigenvalue weighted by molar-refractivity contribution is -0.131. The van der Waals surface area contributed by atoms with Gasteiger partial charge in [0.25, 0.3) is 0 Å². The molecule has 0 aromatic carbocycles. The Balaban J connectivity index is 1.16. The topological polar surface area (TPSA) is 79.5 Å². The minimum atomic E-state index is 0.198. The van der Waals surface area contributed by atoms with E-state index in [1.807, 2.05) is 33.8 Å². The van der Waals surface area contributed by atoms with Gasteiger partial charge in [0.05, 0.1) is 0 Å². The first-order valence-corrected chi connectivity index (χ1v) is 10.2. The van der Waals surface area contributed by atoms with Crippen molar-refractivity contribution in [2.45, 2.75) is 31.6 Å². The van der Waals surface area contributed by atoms with Crippen LogP contribution < -0.4 is 4.90 Å². The number of aromatic nitrogens is 5. The number of nitrogens with zero attached hydrogens (tertiary/aromatic N) is 7. The smallest absolute Gasteiger partial charge is 0.234 e. The van der Waals surface area contributed by atoms with E-state index in [4.69, 9.17) is 0 Å². The third kappa shape index (κ3) is 3.39. The molecule has 1 aliphatic heterocycles. The normalized spacial score (nSPS) is 17.6. The molecule has 8 nitrogen and oxygen atoms in total. The van der Waals surface area contributed by atoms with Crippen molar-refractivity contribution in [1.29, 1.82) is 0 Å². The minimum absolute atomic E-state index is 0.198. The zero-order valence-electron chi connectivity index (χ0n) is 15.0. The second kappa shape index (κ2) is 6.88. The molecule has 1 amide bonds. The van der Waals surface area contributed by atoms with Crippen LogP contribution in [-0.2, 0) is 11.2 Å². The van der Waals surface area contributed by atoms with Crippen molar-refractivity contribution in [2.24, 2.45) is 0 Å². The molecule has 0 radical (unpaired) electrons. The van der Waals surface area contributed by atoms with Crippen molar-refractivity contribution in [3.8, 4) is 0 Å². The first-order valence-electron chi connectivity index (χ1n) is 9.43. The van der Waals surface area contributed by atoms with Crippen LogP contribution in [0.3, 0.4) is 0 Å². The van der Waals surface area contributed by atoms with E-state index in [9.17, 15) is 4.79 Å². The van der Waals surface area contributed by atoms with Crippen molar-refractivity contribution in [1.82, 2.24) is 29.7 Å². The fourth-order valence-corrected chi connectivity index (χ4v) is 4.31. The Hall–Kier alpha value is -2.55. The predicted octanol–water partition coefficient (Wildman–Crippen LogP) is 1.74. The zero-order valence-corrected chi connectivity index (χ0v) is 15.8. The minimum Gasteiger partial charge on any atom is -0.353 e. The maximum absolute atomic E-state index is 12.6. The Morgan fingerprint density at radius 3 is 2.74 bits per heavy atom. The summed E-state index contributed by atoms with van der Waals surface area (Å²) in [6.07, 6.45) is 5.32. The number of fused-ring (bicyclic) bond motifs is 1. The summed E-state index contributed by atoms with van der Waals surface area (Å²) in [6, 6.07) is 5.93. The molecule has 1 aliphatic carbocycles. The summed E-state index contributed by atoms with van der Waals surface area (Å²) in [7, 11) is 0. The number of piperazine rings is 1. The predicted molar refractivity (Wildman–Crippen MR) is 102 cm³/mol. The average Bonchev–Trinajstić information content (AvgIpc) is 3.36. The van der Waals surface area contributed by atoms with E-state index in [0.29, 0.717) is 18.8 Å². The van der Waals surface area contributed by atoms with Gasteiger partial charge in [0.1, 0.15) is 10.8 Å². The van der Waals surface area contributed by atoms with E-state index in [1.54, 1.807) is 11.3 Å². The number of amides is 1. The number of rotatable bonds is 5. The molecule has 0 atom stereocenters. The van der Waals surface area contributed by atoms with Gasteiger partial charge in [0, 0.05) is 51.1 Å². The first-order chi connectivity index (χ1) is 13.3. The highest BCUT2D eigenvalue weighted by molar-refractivity contribution is 7.16. The summed E-state index contributed by atoms with van der Waals surface area (Å²) in [6.45, 7) is 3.13. The summed E-state index contributed by atoms with van der Waals surface area (Å²) < 4.78 is 1.87. The molecule has 9 heteroatoms. The molecule has 4 heterocycles. The Labute approximate surface area is 160 Å². The van der Waals surface area contributed by atoms with Crippen LogP contribution >= 0.6 is 11.3 Å². The van der Waals surface area contributed by atoms with E-state index in [-0.39, 0.29) is 5.91 Å². The molecule has 2 fully saturated rings. The van der Waals surface area contributed by atoms with Gasteiger partial charge in [-0.3, -0.25) is 4.79 Å². The number of aryl methyl sites for hydroxylation is 1. The van der Waals surface area contributed by atoms with E-state index in [0.717, 1.165) is 47.8 Å². The van der Waals surface area contributed by atoms with Crippen molar-refractivity contribution in [3.63, 3.8) is 0 Å². The number of carbonyl (C=O) groups excluding carboxylic acids is 1. The van der Waals surface area contributed by atoms with Crippen LogP contribution in [-0.4, -0.2) is 61.8 Å². The number of anilines is 1. The summed E-state index contributed by atoms with van der Waals surface area (Å²) in [5, 5.41) is 14.0. The van der Waals surface area contributed by atoms with Gasteiger partial charge >= 0.3 is 0 Å². The fraction of sp³-hybridized carbons (Fsp3) is 0.500. The molecular formula is C18H21N7OS. The molecule has 1 saturated carbocycles. The number of carbonyl (C=O) groups is 1. The van der Waals surface area contributed by atoms with E-state index >= 15 is 0 Å². The highest BCUT2D eigenvalue weighted by Gasteiger charge is 2.30. The van der Waals surface area contributed by atoms with Gasteiger partial charge in [-0.15, -0.1) is 10.2 Å². The fourth-order valence-electron chi connectivity index (χ4n) is 3.47. The zero-order chi connectivity index (χ0) is 18.2. The van der Waals surface area contributed by atoms with Crippen LogP contribution in [0.4, 0.5) is 5.82 Å². The summed E-state index contributed by atoms with van der Waals surface area (Å²) in [5.74, 6) is 2.68. The van der Waals surface area contributed by atoms with Gasteiger partial charge in [0.2, 0.25) is 10.9 Å². The molecule has 0 N–H and O–H groups in total. The molecule has 5 rings (SSSR count). The van der Waals surface area contributed by atoms with Crippen LogP contribution in [0.5, 0.6) is 0 Å². The van der Waals surface area contributed by atoms with E-state index < -0.39 is 0 Å². The van der Waals surface area contributed by atoms with Crippen LogP contribution in [0.2, 0.25) is 0 Å². The average molecular weight is 383 g/mol. The maximum Gasteiger partial charge on any atom is 0.234 e. The van der Waals surface area contributed by atoms with Gasteiger partial charge < -0.3 is 9.80 Å². The molecule has 140 valence electrons. The third-order valence-electron chi connectivity index (χ3n) is 5.16. The summed E-state index contributed by atoms with van der Waals surface area (Å²) in [4.78, 5) is 22.0. The first kappa shape index (κ1) is 16.6. The van der Waals surface area contributed by atoms with Crippen LogP contribution in [0.15, 0.2) is 24.4 Å². The van der Waals surface area contributed by atoms with E-state index in [1.165, 1.54) is 12.8 Å². The maximum atomic E-state index is 12.6. The molecule has 2 aliphatic rings. The van der Waals surface area contributed by atoms with E-state index in [2.05, 4.69) is 25.2 Å². The standard InChI is InChI=1S/C18H21N7OS/c26-16(24-11-9-23(10-12-24)14-3-1-2-8-19-14)7-6-15-22-25-17(13-4-5-13)20-21-18(25)27-15/h1-3,8,13H,4-7,9-12H2. The Morgan fingerprint density at radius 2 is 2.00 bits per heavy atom. The third-order valence-corrected chi connectivity index (χ3v) is 6.12. The van der Waals surface area contributed by atoms with Crippen molar-refractivity contribution in [3.05, 3.63) is 35.2 Å². The molecule has 0 spiro atoms. The molecule has 0 unspecified atom stereocenters. The number of hydrogen-bond donors (Lipinski definition) is 0. The molecule has 3 aromatic rings. The lowest BCUT2D eigenvalue weighted by Crippen LogP contribution is -2.49. The molecule has 1 saturated heterocycles. The second-order valence-corrected chi connectivity index (χ2v) is 8.12. The largest absolute Gasteiger partial charge is 0.353 e. The number of pyridine rings is 1. The molecule has 27 heavy (non-hydrogen) atoms. The lowest BCUT2D eigenvalue weighted by atomic mass is 10.2. The van der Waals surface area contributed by atoms with Gasteiger partial charge in [-0.1, -0.05) is 17.4 Å². The Morgan fingerprint density at radius 1 is 1.15 bits per heavy atom. The van der Waals surface area contributed by atoms with Gasteiger partial charge in [-0.25, -0.2) is 4.98 Å². The number of hydrogen-bond acceptors (Lipinski definition) is 7. The second-order valence-electron chi connectivity index (χ2n) is 7.08. The highest BCUT2D eigenvalue weighted by Crippen LogP contribution is 2.39. The Bertz CT molecular complexity index is 941. The van der Waals surface area contributed by atoms with Gasteiger partial charge in [-0.2, -0.15) is 9.61 Å². The van der Waals surface area contributed by atoms with Crippen molar-refractivity contribution in [2.75, 3.05) is 31.1 Å². The van der Waals surface area contributed by atoms with Crippen LogP contribution in [0.1, 0.15) is 36.0 Å². The summed E-state index contributed by atoms with van der Waals surface area (Å²) in [5.41, 5.74) is 0. The van der Waals surface area contributed by atoms with Gasteiger partial charge in [-0.05, 0) is 25.0 Å². The summed E-state index contributed by atoms with van der Waals surface area (Å²) >= 11 is 1.54. The van der Waals surface area contributed by atoms with Crippen molar-refractivity contribution < 1.29 is 4.79 Å². The van der Waals surface area contributed by atoms with Crippen LogP contribution in [0.25, 0.3) is 4.96 Å². The molecule has 0 bridgehead atoms. The van der Waals surface area contributed by atoms with Crippen LogP contribution in [0, 0.1) is 0 Å². The molecule has 3 aromatic heterocycles. The Kier molecular flexibility index (Phi) is 4.23. The lowest BCUT2D eigenvalue weighted by Gasteiger charge is -2.35.